The second-order valence-corrected chi connectivity index (χ2v) is 6.87. The van der Waals surface area contributed by atoms with E-state index in [0.29, 0.717) is 17.1 Å². The molecule has 3 rings (SSSR count). The largest absolute Gasteiger partial charge is 0.490 e. The fraction of sp³-hybridized carbons (Fsp3) is 0.263. The average Bonchev–Trinajstić information content (AvgIpc) is 2.71. The van der Waals surface area contributed by atoms with E-state index < -0.39 is 23.1 Å². The Balaban J connectivity index is 1.76. The number of fused-ring (bicyclic) bond motifs is 1. The molecule has 27 heavy (non-hydrogen) atoms. The van der Waals surface area contributed by atoms with Crippen molar-refractivity contribution in [2.24, 2.45) is 5.41 Å². The number of carbonyl (C=O) groups excluding carboxylic acids is 2. The van der Waals surface area contributed by atoms with Crippen LogP contribution in [0.1, 0.15) is 29.8 Å². The number of carbonyl (C=O) groups is 2. The summed E-state index contributed by atoms with van der Waals surface area (Å²) in [6, 6.07) is 8.65. The van der Waals surface area contributed by atoms with Gasteiger partial charge in [0.05, 0.1) is 16.7 Å². The summed E-state index contributed by atoms with van der Waals surface area (Å²) in [5, 5.41) is 5.37. The van der Waals surface area contributed by atoms with Gasteiger partial charge in [0, 0.05) is 17.3 Å². The summed E-state index contributed by atoms with van der Waals surface area (Å²) >= 11 is 0. The second-order valence-electron chi connectivity index (χ2n) is 6.87. The van der Waals surface area contributed by atoms with Gasteiger partial charge in [-0.1, -0.05) is 0 Å². The molecular formula is C19H17F3N2O3. The van der Waals surface area contributed by atoms with Crippen LogP contribution in [0.2, 0.25) is 0 Å². The Bertz CT molecular complexity index is 890. The minimum absolute atomic E-state index is 0.0910. The first-order valence-corrected chi connectivity index (χ1v) is 8.13. The molecule has 0 radical (unpaired) electrons. The van der Waals surface area contributed by atoms with Crippen LogP contribution in [-0.4, -0.2) is 18.4 Å². The lowest BCUT2D eigenvalue weighted by Crippen LogP contribution is -2.33. The van der Waals surface area contributed by atoms with Gasteiger partial charge in [-0.3, -0.25) is 9.59 Å². The van der Waals surface area contributed by atoms with Crippen LogP contribution in [0.25, 0.3) is 0 Å². The zero-order chi connectivity index (χ0) is 19.8. The van der Waals surface area contributed by atoms with Gasteiger partial charge < -0.3 is 15.4 Å². The second kappa shape index (κ2) is 6.61. The Labute approximate surface area is 153 Å². The number of nitrogens with one attached hydrogen (secondary N) is 2. The fourth-order valence-corrected chi connectivity index (χ4v) is 2.45. The van der Waals surface area contributed by atoms with Gasteiger partial charge in [0.15, 0.2) is 0 Å². The van der Waals surface area contributed by atoms with E-state index in [1.165, 1.54) is 0 Å². The molecule has 0 saturated carbocycles. The van der Waals surface area contributed by atoms with Crippen LogP contribution >= 0.6 is 0 Å². The van der Waals surface area contributed by atoms with Gasteiger partial charge in [-0.2, -0.15) is 13.2 Å². The van der Waals surface area contributed by atoms with Gasteiger partial charge in [-0.15, -0.1) is 0 Å². The molecule has 0 aromatic heterocycles. The van der Waals surface area contributed by atoms with Crippen LogP contribution in [0.5, 0.6) is 5.75 Å². The van der Waals surface area contributed by atoms with Crippen molar-refractivity contribution < 1.29 is 27.5 Å². The van der Waals surface area contributed by atoms with Gasteiger partial charge in [0.1, 0.15) is 12.4 Å². The first-order chi connectivity index (χ1) is 12.6. The molecule has 0 bridgehead atoms. The molecule has 1 aliphatic rings. The highest BCUT2D eigenvalue weighted by Gasteiger charge is 2.32. The predicted molar refractivity (Wildman–Crippen MR) is 93.7 cm³/mol. The molecule has 0 unspecified atom stereocenters. The van der Waals surface area contributed by atoms with Crippen LogP contribution in [0.15, 0.2) is 42.5 Å². The minimum atomic E-state index is -4.46. The maximum absolute atomic E-state index is 12.6. The van der Waals surface area contributed by atoms with Crippen LogP contribution in [-0.2, 0) is 11.0 Å². The molecule has 0 atom stereocenters. The Kier molecular flexibility index (Phi) is 4.59. The zero-order valence-corrected chi connectivity index (χ0v) is 14.6. The third-order valence-electron chi connectivity index (χ3n) is 4.17. The summed E-state index contributed by atoms with van der Waals surface area (Å²) in [6.45, 7) is 3.67. The van der Waals surface area contributed by atoms with E-state index in [0.717, 1.165) is 24.3 Å². The molecule has 5 nitrogen and oxygen atoms in total. The number of rotatable bonds is 2. The molecule has 0 fully saturated rings. The highest BCUT2D eigenvalue weighted by molar-refractivity contribution is 6.05. The first kappa shape index (κ1) is 18.8. The SMILES string of the molecule is CC1(C)COc2cc(NC(=O)c3ccc(C(F)(F)F)cc3)ccc2NC1=O. The number of halogens is 3. The lowest BCUT2D eigenvalue weighted by molar-refractivity contribution is -0.137. The maximum atomic E-state index is 12.6. The maximum Gasteiger partial charge on any atom is 0.416 e. The highest BCUT2D eigenvalue weighted by Crippen LogP contribution is 2.34. The molecule has 1 heterocycles. The molecular weight excluding hydrogens is 361 g/mol. The summed E-state index contributed by atoms with van der Waals surface area (Å²) in [5.41, 5.74) is -0.558. The first-order valence-electron chi connectivity index (χ1n) is 8.13. The number of benzene rings is 2. The van der Waals surface area contributed by atoms with Gasteiger partial charge in [0.25, 0.3) is 5.91 Å². The topological polar surface area (TPSA) is 67.4 Å². The lowest BCUT2D eigenvalue weighted by Gasteiger charge is -2.18. The smallest absolute Gasteiger partial charge is 0.416 e. The van der Waals surface area contributed by atoms with Gasteiger partial charge in [-0.25, -0.2) is 0 Å². The van der Waals surface area contributed by atoms with Crippen molar-refractivity contribution in [2.75, 3.05) is 17.2 Å². The molecule has 0 spiro atoms. The van der Waals surface area contributed by atoms with E-state index in [1.54, 1.807) is 32.0 Å². The number of anilines is 2. The van der Waals surface area contributed by atoms with E-state index >= 15 is 0 Å². The predicted octanol–water partition coefficient (Wildman–Crippen LogP) is 4.31. The van der Waals surface area contributed by atoms with Crippen LogP contribution < -0.4 is 15.4 Å². The van der Waals surface area contributed by atoms with E-state index in [1.807, 2.05) is 0 Å². The molecule has 0 saturated heterocycles. The normalized spacial score (nSPS) is 15.8. The molecule has 2 N–H and O–H groups in total. The highest BCUT2D eigenvalue weighted by atomic mass is 19.4. The molecule has 2 aromatic carbocycles. The Morgan fingerprint density at radius 1 is 1.15 bits per heavy atom. The summed E-state index contributed by atoms with van der Waals surface area (Å²) in [4.78, 5) is 24.4. The van der Waals surface area contributed by atoms with E-state index in [4.69, 9.17) is 4.74 Å². The number of alkyl halides is 3. The standard InChI is InChI=1S/C19H17F3N2O3/c1-18(2)10-27-15-9-13(7-8-14(15)24-17(18)26)23-16(25)11-3-5-12(6-4-11)19(20,21)22/h3-9H,10H2,1-2H3,(H,23,25)(H,24,26). The Morgan fingerprint density at radius 3 is 2.44 bits per heavy atom. The quantitative estimate of drug-likeness (QED) is 0.818. The third kappa shape index (κ3) is 4.05. The van der Waals surface area contributed by atoms with Crippen LogP contribution in [0.4, 0.5) is 24.5 Å². The molecule has 1 aliphatic heterocycles. The van der Waals surface area contributed by atoms with E-state index in [-0.39, 0.29) is 18.1 Å². The third-order valence-corrected chi connectivity index (χ3v) is 4.17. The summed E-state index contributed by atoms with van der Waals surface area (Å²) < 4.78 is 43.5. The average molecular weight is 378 g/mol. The van der Waals surface area contributed by atoms with Gasteiger partial charge in [0.2, 0.25) is 5.91 Å². The van der Waals surface area contributed by atoms with Crippen molar-refractivity contribution in [1.29, 1.82) is 0 Å². The molecule has 8 heteroatoms. The molecule has 142 valence electrons. The van der Waals surface area contributed by atoms with E-state index in [2.05, 4.69) is 10.6 Å². The van der Waals surface area contributed by atoms with Crippen molar-refractivity contribution in [3.05, 3.63) is 53.6 Å². The van der Waals surface area contributed by atoms with Crippen molar-refractivity contribution in [3.63, 3.8) is 0 Å². The van der Waals surface area contributed by atoms with Crippen molar-refractivity contribution in [3.8, 4) is 5.75 Å². The fourth-order valence-electron chi connectivity index (χ4n) is 2.45. The van der Waals surface area contributed by atoms with Crippen LogP contribution in [0.3, 0.4) is 0 Å². The van der Waals surface area contributed by atoms with Gasteiger partial charge in [-0.05, 0) is 50.2 Å². The molecule has 2 amide bonds. The van der Waals surface area contributed by atoms with E-state index in [9.17, 15) is 22.8 Å². The summed E-state index contributed by atoms with van der Waals surface area (Å²) in [7, 11) is 0. The minimum Gasteiger partial charge on any atom is -0.490 e. The Hall–Kier alpha value is -3.03. The monoisotopic (exact) mass is 378 g/mol. The molecule has 0 aliphatic carbocycles. The number of amides is 2. The van der Waals surface area contributed by atoms with Gasteiger partial charge >= 0.3 is 6.18 Å². The van der Waals surface area contributed by atoms with Crippen LogP contribution in [0, 0.1) is 5.41 Å². The van der Waals surface area contributed by atoms with Crippen molar-refractivity contribution in [1.82, 2.24) is 0 Å². The van der Waals surface area contributed by atoms with Crippen molar-refractivity contribution in [2.45, 2.75) is 20.0 Å². The van der Waals surface area contributed by atoms with Crippen molar-refractivity contribution >= 4 is 23.2 Å². The summed E-state index contributed by atoms with van der Waals surface area (Å²) in [5.74, 6) is -0.330. The summed E-state index contributed by atoms with van der Waals surface area (Å²) in [6.07, 6.45) is -4.46. The zero-order valence-electron chi connectivity index (χ0n) is 14.6. The Morgan fingerprint density at radius 2 is 1.81 bits per heavy atom. The number of ether oxygens (including phenoxy) is 1. The lowest BCUT2D eigenvalue weighted by atomic mass is 9.94. The molecule has 2 aromatic rings. The number of hydrogen-bond donors (Lipinski definition) is 2. The number of hydrogen-bond acceptors (Lipinski definition) is 3.